The average Bonchev–Trinajstić information content (AvgIpc) is 2.63. The molecule has 1 amide bonds. The van der Waals surface area contributed by atoms with Gasteiger partial charge in [-0.2, -0.15) is 0 Å². The van der Waals surface area contributed by atoms with Gasteiger partial charge < -0.3 is 9.47 Å². The van der Waals surface area contributed by atoms with Crippen LogP contribution in [-0.2, 0) is 0 Å². The number of carbonyl (C=O) groups excluding carboxylic acids is 1. The van der Waals surface area contributed by atoms with E-state index >= 15 is 0 Å². The lowest BCUT2D eigenvalue weighted by molar-refractivity contribution is 0.165. The summed E-state index contributed by atoms with van der Waals surface area (Å²) in [6.07, 6.45) is 4.32. The Hall–Kier alpha value is -2.75. The van der Waals surface area contributed by atoms with Gasteiger partial charge in [0.05, 0.1) is 7.11 Å². The number of hydrogen-bond donors (Lipinski definition) is 0. The molecule has 4 nitrogen and oxygen atoms in total. The van der Waals surface area contributed by atoms with Crippen molar-refractivity contribution in [3.05, 3.63) is 72.4 Å². The zero-order valence-corrected chi connectivity index (χ0v) is 13.0. The van der Waals surface area contributed by atoms with Crippen LogP contribution in [0.4, 0.5) is 4.79 Å². The van der Waals surface area contributed by atoms with Crippen molar-refractivity contribution in [1.82, 2.24) is 4.90 Å². The number of para-hydroxylation sites is 1. The molecular formula is C19H19NO3. The third-order valence-electron chi connectivity index (χ3n) is 3.87. The van der Waals surface area contributed by atoms with Crippen LogP contribution in [0.5, 0.6) is 11.5 Å². The maximum Gasteiger partial charge on any atom is 0.419 e. The van der Waals surface area contributed by atoms with E-state index in [-0.39, 0.29) is 12.0 Å². The Bertz CT molecular complexity index is 697. The second-order valence-corrected chi connectivity index (χ2v) is 5.43. The average molecular weight is 309 g/mol. The van der Waals surface area contributed by atoms with Crippen molar-refractivity contribution in [3.8, 4) is 11.5 Å². The number of methoxy groups -OCH3 is 1. The SMILES string of the molecule is COc1cccc([C@@H]2CC=CN(C(=O)Oc3ccccc3)C2)c1. The molecule has 3 rings (SSSR count). The van der Waals surface area contributed by atoms with E-state index in [9.17, 15) is 4.79 Å². The summed E-state index contributed by atoms with van der Waals surface area (Å²) < 4.78 is 10.7. The van der Waals surface area contributed by atoms with E-state index in [1.165, 1.54) is 0 Å². The highest BCUT2D eigenvalue weighted by Crippen LogP contribution is 2.28. The molecule has 1 atom stereocenters. The van der Waals surface area contributed by atoms with Crippen LogP contribution >= 0.6 is 0 Å². The van der Waals surface area contributed by atoms with Crippen LogP contribution in [0.25, 0.3) is 0 Å². The van der Waals surface area contributed by atoms with Crippen molar-refractivity contribution >= 4 is 6.09 Å². The Balaban J connectivity index is 1.69. The predicted molar refractivity (Wildman–Crippen MR) is 88.7 cm³/mol. The highest BCUT2D eigenvalue weighted by atomic mass is 16.6. The van der Waals surface area contributed by atoms with E-state index in [0.717, 1.165) is 17.7 Å². The first-order valence-electron chi connectivity index (χ1n) is 7.60. The van der Waals surface area contributed by atoms with E-state index in [0.29, 0.717) is 12.3 Å². The molecule has 0 bridgehead atoms. The molecule has 0 unspecified atom stereocenters. The quantitative estimate of drug-likeness (QED) is 0.853. The summed E-state index contributed by atoms with van der Waals surface area (Å²) >= 11 is 0. The van der Waals surface area contributed by atoms with Crippen molar-refractivity contribution in [1.29, 1.82) is 0 Å². The van der Waals surface area contributed by atoms with Crippen molar-refractivity contribution in [2.75, 3.05) is 13.7 Å². The van der Waals surface area contributed by atoms with Gasteiger partial charge in [-0.15, -0.1) is 0 Å². The Morgan fingerprint density at radius 2 is 1.87 bits per heavy atom. The van der Waals surface area contributed by atoms with Gasteiger partial charge in [0.25, 0.3) is 0 Å². The molecule has 118 valence electrons. The highest BCUT2D eigenvalue weighted by molar-refractivity contribution is 5.72. The molecule has 0 spiro atoms. The lowest BCUT2D eigenvalue weighted by Crippen LogP contribution is -2.34. The van der Waals surface area contributed by atoms with Crippen molar-refractivity contribution in [2.45, 2.75) is 12.3 Å². The molecule has 1 aliphatic heterocycles. The first-order chi connectivity index (χ1) is 11.3. The molecule has 0 saturated heterocycles. The number of amides is 1. The molecule has 0 fully saturated rings. The topological polar surface area (TPSA) is 38.8 Å². The summed E-state index contributed by atoms with van der Waals surface area (Å²) in [6, 6.07) is 17.1. The summed E-state index contributed by atoms with van der Waals surface area (Å²) in [7, 11) is 1.66. The molecule has 2 aromatic rings. The number of ether oxygens (including phenoxy) is 2. The number of benzene rings is 2. The standard InChI is InChI=1S/C19H19NO3/c1-22-18-11-5-7-15(13-18)16-8-6-12-20(14-16)19(21)23-17-9-3-2-4-10-17/h2-7,9-13,16H,8,14H2,1H3/t16-/m1/s1. The van der Waals surface area contributed by atoms with Crippen LogP contribution in [0.1, 0.15) is 17.9 Å². The van der Waals surface area contributed by atoms with E-state index in [1.807, 2.05) is 42.5 Å². The Labute approximate surface area is 135 Å². The van der Waals surface area contributed by atoms with Crippen LogP contribution < -0.4 is 9.47 Å². The predicted octanol–water partition coefficient (Wildman–Crippen LogP) is 4.20. The second-order valence-electron chi connectivity index (χ2n) is 5.43. The zero-order chi connectivity index (χ0) is 16.1. The molecule has 0 aliphatic carbocycles. The fraction of sp³-hybridized carbons (Fsp3) is 0.211. The summed E-state index contributed by atoms with van der Waals surface area (Å²) in [6.45, 7) is 0.593. The summed E-state index contributed by atoms with van der Waals surface area (Å²) in [4.78, 5) is 13.9. The van der Waals surface area contributed by atoms with Gasteiger partial charge >= 0.3 is 6.09 Å². The van der Waals surface area contributed by atoms with Gasteiger partial charge in [0, 0.05) is 18.7 Å². The number of allylic oxidation sites excluding steroid dienone is 1. The van der Waals surface area contributed by atoms with Gasteiger partial charge in [0.15, 0.2) is 0 Å². The molecule has 0 radical (unpaired) electrons. The van der Waals surface area contributed by atoms with Crippen molar-refractivity contribution < 1.29 is 14.3 Å². The first-order valence-corrected chi connectivity index (χ1v) is 7.60. The number of hydrogen-bond acceptors (Lipinski definition) is 3. The highest BCUT2D eigenvalue weighted by Gasteiger charge is 2.23. The van der Waals surface area contributed by atoms with Gasteiger partial charge in [0.1, 0.15) is 11.5 Å². The van der Waals surface area contributed by atoms with Crippen molar-refractivity contribution in [3.63, 3.8) is 0 Å². The normalized spacial score (nSPS) is 16.9. The fourth-order valence-electron chi connectivity index (χ4n) is 2.65. The minimum absolute atomic E-state index is 0.235. The van der Waals surface area contributed by atoms with Gasteiger partial charge in [-0.1, -0.05) is 36.4 Å². The van der Waals surface area contributed by atoms with E-state index in [1.54, 1.807) is 30.3 Å². The van der Waals surface area contributed by atoms with Crippen LogP contribution in [0.15, 0.2) is 66.9 Å². The number of rotatable bonds is 3. The van der Waals surface area contributed by atoms with Gasteiger partial charge in [-0.05, 0) is 36.2 Å². The molecule has 2 aromatic carbocycles. The van der Waals surface area contributed by atoms with E-state index < -0.39 is 0 Å². The zero-order valence-electron chi connectivity index (χ0n) is 13.0. The molecule has 0 saturated carbocycles. The molecule has 23 heavy (non-hydrogen) atoms. The largest absolute Gasteiger partial charge is 0.497 e. The molecule has 0 aromatic heterocycles. The minimum Gasteiger partial charge on any atom is -0.497 e. The van der Waals surface area contributed by atoms with Crippen LogP contribution in [0.3, 0.4) is 0 Å². The molecular weight excluding hydrogens is 290 g/mol. The molecule has 1 aliphatic rings. The second kappa shape index (κ2) is 7.01. The van der Waals surface area contributed by atoms with Crippen LogP contribution in [0.2, 0.25) is 0 Å². The van der Waals surface area contributed by atoms with Gasteiger partial charge in [0.2, 0.25) is 0 Å². The van der Waals surface area contributed by atoms with E-state index in [2.05, 4.69) is 6.07 Å². The lowest BCUT2D eigenvalue weighted by Gasteiger charge is -2.27. The monoisotopic (exact) mass is 309 g/mol. The summed E-state index contributed by atoms with van der Waals surface area (Å²) in [5, 5.41) is 0. The maximum atomic E-state index is 12.3. The van der Waals surface area contributed by atoms with Crippen molar-refractivity contribution in [2.24, 2.45) is 0 Å². The summed E-state index contributed by atoms with van der Waals surface area (Å²) in [5.74, 6) is 1.61. The minimum atomic E-state index is -0.361. The van der Waals surface area contributed by atoms with E-state index in [4.69, 9.17) is 9.47 Å². The lowest BCUT2D eigenvalue weighted by atomic mass is 9.93. The Kier molecular flexibility index (Phi) is 4.62. The smallest absolute Gasteiger partial charge is 0.419 e. The maximum absolute atomic E-state index is 12.3. The third-order valence-corrected chi connectivity index (χ3v) is 3.87. The van der Waals surface area contributed by atoms with Gasteiger partial charge in [-0.3, -0.25) is 4.90 Å². The molecule has 0 N–H and O–H groups in total. The summed E-state index contributed by atoms with van der Waals surface area (Å²) in [5.41, 5.74) is 1.16. The van der Waals surface area contributed by atoms with Crippen LogP contribution in [-0.4, -0.2) is 24.6 Å². The Morgan fingerprint density at radius 3 is 2.65 bits per heavy atom. The van der Waals surface area contributed by atoms with Gasteiger partial charge in [-0.25, -0.2) is 4.79 Å². The number of nitrogens with zero attached hydrogens (tertiary/aromatic N) is 1. The van der Waals surface area contributed by atoms with Crippen LogP contribution in [0, 0.1) is 0 Å². The Morgan fingerprint density at radius 1 is 1.09 bits per heavy atom. The number of carbonyl (C=O) groups is 1. The first kappa shape index (κ1) is 15.2. The molecule has 4 heteroatoms. The third kappa shape index (κ3) is 3.72. The molecule has 1 heterocycles. The fourth-order valence-corrected chi connectivity index (χ4v) is 2.65.